The van der Waals surface area contributed by atoms with Crippen molar-refractivity contribution in [2.45, 2.75) is 24.9 Å². The zero-order chi connectivity index (χ0) is 19.9. The molecule has 0 saturated heterocycles. The fourth-order valence-electron chi connectivity index (χ4n) is 2.71. The van der Waals surface area contributed by atoms with Crippen LogP contribution in [0.5, 0.6) is 5.75 Å². The van der Waals surface area contributed by atoms with Crippen molar-refractivity contribution in [1.29, 1.82) is 0 Å². The Balaban J connectivity index is 1.34. The lowest BCUT2D eigenvalue weighted by Crippen LogP contribution is -2.54. The van der Waals surface area contributed by atoms with Gasteiger partial charge in [-0.05, 0) is 49.2 Å². The molecule has 5 nitrogen and oxygen atoms in total. The van der Waals surface area contributed by atoms with E-state index in [-0.39, 0.29) is 30.5 Å². The average Bonchev–Trinajstić information content (AvgIpc) is 2.64. The van der Waals surface area contributed by atoms with Gasteiger partial charge in [-0.25, -0.2) is 4.39 Å². The van der Waals surface area contributed by atoms with Gasteiger partial charge in [-0.15, -0.1) is 0 Å². The Bertz CT molecular complexity index is 915. The number of benzene rings is 2. The summed E-state index contributed by atoms with van der Waals surface area (Å²) in [6.07, 6.45) is 1.25. The van der Waals surface area contributed by atoms with E-state index in [9.17, 15) is 14.0 Å². The molecule has 144 valence electrons. The van der Waals surface area contributed by atoms with Crippen LogP contribution in [-0.4, -0.2) is 30.5 Å². The first-order valence-electron chi connectivity index (χ1n) is 8.74. The van der Waals surface area contributed by atoms with Gasteiger partial charge in [-0.2, -0.15) is 0 Å². The molecule has 7 heteroatoms. The highest BCUT2D eigenvalue weighted by molar-refractivity contribution is 6.30. The zero-order valence-electron chi connectivity index (χ0n) is 14.9. The van der Waals surface area contributed by atoms with Crippen molar-refractivity contribution < 1.29 is 18.7 Å². The maximum absolute atomic E-state index is 13.1. The molecule has 1 fully saturated rings. The number of carbonyl (C=O) groups excluding carboxylic acids is 2. The number of rotatable bonds is 5. The van der Waals surface area contributed by atoms with E-state index in [1.54, 1.807) is 30.3 Å². The average molecular weight is 401 g/mol. The number of nitrogens with one attached hydrogen (secondary N) is 2. The molecule has 0 bridgehead atoms. The maximum atomic E-state index is 13.1. The Morgan fingerprint density at radius 1 is 1.11 bits per heavy atom. The molecule has 2 N–H and O–H groups in total. The summed E-state index contributed by atoms with van der Waals surface area (Å²) < 4.78 is 18.3. The van der Waals surface area contributed by atoms with E-state index >= 15 is 0 Å². The first kappa shape index (κ1) is 19.7. The largest absolute Gasteiger partial charge is 0.484 e. The number of halogens is 2. The van der Waals surface area contributed by atoms with Crippen molar-refractivity contribution in [2.24, 2.45) is 0 Å². The number of hydrogen-bond donors (Lipinski definition) is 2. The van der Waals surface area contributed by atoms with E-state index in [0.717, 1.165) is 0 Å². The van der Waals surface area contributed by atoms with Gasteiger partial charge in [0.25, 0.3) is 11.8 Å². The van der Waals surface area contributed by atoms with Crippen LogP contribution in [0.3, 0.4) is 0 Å². The Kier molecular flexibility index (Phi) is 6.51. The quantitative estimate of drug-likeness (QED) is 0.758. The summed E-state index contributed by atoms with van der Waals surface area (Å²) in [5.74, 6) is 4.53. The van der Waals surface area contributed by atoms with E-state index < -0.39 is 5.82 Å². The number of amides is 2. The van der Waals surface area contributed by atoms with Gasteiger partial charge in [0, 0.05) is 34.7 Å². The number of ether oxygens (including phenoxy) is 1. The topological polar surface area (TPSA) is 67.4 Å². The zero-order valence-corrected chi connectivity index (χ0v) is 15.6. The summed E-state index contributed by atoms with van der Waals surface area (Å²) in [7, 11) is 0. The monoisotopic (exact) mass is 400 g/mol. The van der Waals surface area contributed by atoms with E-state index in [1.807, 2.05) is 0 Å². The molecule has 1 saturated carbocycles. The fraction of sp³-hybridized carbons (Fsp3) is 0.238. The van der Waals surface area contributed by atoms with Gasteiger partial charge in [-0.1, -0.05) is 23.6 Å². The van der Waals surface area contributed by atoms with Crippen LogP contribution in [0.1, 0.15) is 18.4 Å². The Labute approximate surface area is 167 Å². The fourth-order valence-corrected chi connectivity index (χ4v) is 2.84. The van der Waals surface area contributed by atoms with Crippen LogP contribution in [0.4, 0.5) is 4.39 Å². The van der Waals surface area contributed by atoms with Gasteiger partial charge in [0.1, 0.15) is 11.6 Å². The van der Waals surface area contributed by atoms with Crippen LogP contribution in [0.25, 0.3) is 0 Å². The highest BCUT2D eigenvalue weighted by atomic mass is 35.5. The van der Waals surface area contributed by atoms with Crippen molar-refractivity contribution in [3.8, 4) is 17.6 Å². The minimum Gasteiger partial charge on any atom is -0.484 e. The third-order valence-corrected chi connectivity index (χ3v) is 4.42. The summed E-state index contributed by atoms with van der Waals surface area (Å²) >= 11 is 5.80. The molecular formula is C21H18ClFN2O3. The minimum absolute atomic E-state index is 0.0264. The standard InChI is InChI=1S/C21H18ClFN2O3/c22-15-7-4-14(5-8-15)6-9-20(26)24-17-11-18(12-17)25-21(27)13-28-19-3-1-2-16(23)10-19/h1-5,7-8,10,17-18H,11-13H2,(H,24,26)(H,25,27). The molecule has 0 atom stereocenters. The van der Waals surface area contributed by atoms with Crippen LogP contribution in [0, 0.1) is 17.7 Å². The van der Waals surface area contributed by atoms with Gasteiger partial charge in [0.15, 0.2) is 6.61 Å². The summed E-state index contributed by atoms with van der Waals surface area (Å²) in [6.45, 7) is -0.191. The summed E-state index contributed by atoms with van der Waals surface area (Å²) in [5.41, 5.74) is 0.705. The van der Waals surface area contributed by atoms with Crippen LogP contribution < -0.4 is 15.4 Å². The van der Waals surface area contributed by atoms with Gasteiger partial charge < -0.3 is 15.4 Å². The first-order chi connectivity index (χ1) is 13.5. The number of hydrogen-bond acceptors (Lipinski definition) is 3. The van der Waals surface area contributed by atoms with Crippen molar-refractivity contribution in [2.75, 3.05) is 6.61 Å². The van der Waals surface area contributed by atoms with E-state index in [1.165, 1.54) is 18.2 Å². The van der Waals surface area contributed by atoms with Crippen molar-refractivity contribution in [3.63, 3.8) is 0 Å². The molecule has 1 aliphatic rings. The SMILES string of the molecule is O=C(C#Cc1ccc(Cl)cc1)NC1CC(NC(=O)COc2cccc(F)c2)C1. The van der Waals surface area contributed by atoms with Gasteiger partial charge in [-0.3, -0.25) is 9.59 Å². The molecule has 2 amide bonds. The van der Waals surface area contributed by atoms with Crippen LogP contribution in [0.15, 0.2) is 48.5 Å². The second-order valence-electron chi connectivity index (χ2n) is 6.41. The van der Waals surface area contributed by atoms with E-state index in [2.05, 4.69) is 22.5 Å². The van der Waals surface area contributed by atoms with Gasteiger partial charge in [0.2, 0.25) is 0 Å². The number of carbonyl (C=O) groups is 2. The predicted octanol–water partition coefficient (Wildman–Crippen LogP) is 2.67. The smallest absolute Gasteiger partial charge is 0.296 e. The Morgan fingerprint density at radius 3 is 2.54 bits per heavy atom. The van der Waals surface area contributed by atoms with Crippen molar-refractivity contribution in [1.82, 2.24) is 10.6 Å². The molecule has 0 aliphatic heterocycles. The van der Waals surface area contributed by atoms with Crippen LogP contribution >= 0.6 is 11.6 Å². The second-order valence-corrected chi connectivity index (χ2v) is 6.85. The lowest BCUT2D eigenvalue weighted by atomic mass is 9.86. The molecule has 2 aromatic carbocycles. The van der Waals surface area contributed by atoms with E-state index in [0.29, 0.717) is 29.2 Å². The van der Waals surface area contributed by atoms with Crippen LogP contribution in [0.2, 0.25) is 5.02 Å². The van der Waals surface area contributed by atoms with Gasteiger partial charge in [0.05, 0.1) is 0 Å². The highest BCUT2D eigenvalue weighted by Crippen LogP contribution is 2.20. The molecule has 1 aliphatic carbocycles. The van der Waals surface area contributed by atoms with Crippen molar-refractivity contribution in [3.05, 3.63) is 64.9 Å². The minimum atomic E-state index is -0.422. The third kappa shape index (κ3) is 6.00. The summed E-state index contributed by atoms with van der Waals surface area (Å²) in [5, 5.41) is 6.22. The second kappa shape index (κ2) is 9.25. The van der Waals surface area contributed by atoms with Crippen molar-refractivity contribution >= 4 is 23.4 Å². The molecular weight excluding hydrogens is 383 g/mol. The molecule has 0 radical (unpaired) electrons. The highest BCUT2D eigenvalue weighted by Gasteiger charge is 2.31. The Morgan fingerprint density at radius 2 is 1.82 bits per heavy atom. The van der Waals surface area contributed by atoms with E-state index in [4.69, 9.17) is 16.3 Å². The molecule has 0 aromatic heterocycles. The molecule has 0 spiro atoms. The summed E-state index contributed by atoms with van der Waals surface area (Å²) in [4.78, 5) is 23.7. The first-order valence-corrected chi connectivity index (χ1v) is 9.11. The molecule has 0 heterocycles. The lowest BCUT2D eigenvalue weighted by Gasteiger charge is -2.35. The van der Waals surface area contributed by atoms with Crippen LogP contribution in [-0.2, 0) is 9.59 Å². The summed E-state index contributed by atoms with van der Waals surface area (Å²) in [6, 6.07) is 12.4. The normalized spacial score (nSPS) is 17.5. The third-order valence-electron chi connectivity index (χ3n) is 4.17. The molecule has 2 aromatic rings. The molecule has 0 unspecified atom stereocenters. The Hall–Kier alpha value is -3.04. The predicted molar refractivity (Wildman–Crippen MR) is 103 cm³/mol. The van der Waals surface area contributed by atoms with Gasteiger partial charge >= 0.3 is 0 Å². The maximum Gasteiger partial charge on any atom is 0.296 e. The molecule has 3 rings (SSSR count). The lowest BCUT2D eigenvalue weighted by molar-refractivity contribution is -0.124. The molecule has 28 heavy (non-hydrogen) atoms.